The third-order valence-corrected chi connectivity index (χ3v) is 7.82. The monoisotopic (exact) mass is 609 g/mol. The van der Waals surface area contributed by atoms with E-state index in [-0.39, 0.29) is 30.6 Å². The number of amides is 1. The van der Waals surface area contributed by atoms with Gasteiger partial charge in [0.05, 0.1) is 19.1 Å². The lowest BCUT2D eigenvalue weighted by Crippen LogP contribution is -2.37. The fraction of sp³-hybridized carbons (Fsp3) is 0.290. The number of hydrogen-bond acceptors (Lipinski definition) is 8. The highest BCUT2D eigenvalue weighted by Crippen LogP contribution is 2.25. The van der Waals surface area contributed by atoms with Gasteiger partial charge in [0, 0.05) is 30.0 Å². The van der Waals surface area contributed by atoms with Crippen molar-refractivity contribution in [3.05, 3.63) is 95.7 Å². The van der Waals surface area contributed by atoms with E-state index < -0.39 is 28.2 Å². The van der Waals surface area contributed by atoms with E-state index in [1.54, 1.807) is 22.8 Å². The molecule has 0 saturated heterocycles. The van der Waals surface area contributed by atoms with Crippen LogP contribution in [0.1, 0.15) is 28.5 Å². The summed E-state index contributed by atoms with van der Waals surface area (Å²) < 4.78 is 36.7. The number of ether oxygens (including phenoxy) is 2. The van der Waals surface area contributed by atoms with Crippen LogP contribution in [0.2, 0.25) is 0 Å². The van der Waals surface area contributed by atoms with Gasteiger partial charge in [-0.25, -0.2) is 18.0 Å². The number of aromatic carboxylic acids is 1. The van der Waals surface area contributed by atoms with Crippen LogP contribution in [0.4, 0.5) is 10.5 Å². The van der Waals surface area contributed by atoms with Gasteiger partial charge in [-0.1, -0.05) is 36.4 Å². The molecule has 2 unspecified atom stereocenters. The first kappa shape index (κ1) is 31.5. The van der Waals surface area contributed by atoms with Crippen molar-refractivity contribution in [1.82, 2.24) is 9.88 Å². The van der Waals surface area contributed by atoms with Crippen LogP contribution in [0.3, 0.4) is 0 Å². The molecular formula is C31H35N3O8S. The zero-order valence-electron chi connectivity index (χ0n) is 24.1. The molecule has 4 rings (SSSR count). The number of aliphatic hydroxyl groups excluding tert-OH is 1. The Labute approximate surface area is 250 Å². The van der Waals surface area contributed by atoms with Gasteiger partial charge < -0.3 is 29.6 Å². The number of nitrogens with one attached hydrogen (secondary N) is 1. The number of carbonyl (C=O) groups is 2. The lowest BCUT2D eigenvalue weighted by atomic mass is 10.0. The molecule has 4 aromatic rings. The Hall–Kier alpha value is -4.39. The van der Waals surface area contributed by atoms with Crippen molar-refractivity contribution in [3.63, 3.8) is 0 Å². The van der Waals surface area contributed by atoms with Gasteiger partial charge in [-0.15, -0.1) is 0 Å². The summed E-state index contributed by atoms with van der Waals surface area (Å²) in [5.41, 5.74) is 2.66. The molecule has 0 aliphatic carbocycles. The molecule has 12 heteroatoms. The number of sulfonamides is 1. The standard InChI is InChI=1S/C31H35N3O8S/c1-21(32-18-26(35)20-42-27-7-5-4-6-8-27)15-23-11-14-28-24(16-23)17-29(30(36)37)33(28)19-22-9-12-25(13-10-22)34(31(38)41-2)43(3,39)40/h4-14,16-17,21,26,32,35H,15,18-20H2,1-3H3,(H,36,37). The number of para-hydroxylation sites is 1. The Morgan fingerprint density at radius 1 is 1.00 bits per heavy atom. The van der Waals surface area contributed by atoms with Crippen molar-refractivity contribution in [2.75, 3.05) is 30.8 Å². The van der Waals surface area contributed by atoms with Crippen LogP contribution in [0, 0.1) is 0 Å². The predicted molar refractivity (Wildman–Crippen MR) is 163 cm³/mol. The first-order valence-electron chi connectivity index (χ1n) is 13.6. The summed E-state index contributed by atoms with van der Waals surface area (Å²) in [5.74, 6) is -0.380. The van der Waals surface area contributed by atoms with Crippen LogP contribution in [0.5, 0.6) is 5.75 Å². The van der Waals surface area contributed by atoms with Crippen molar-refractivity contribution in [1.29, 1.82) is 0 Å². The number of carbonyl (C=O) groups excluding carboxylic acids is 1. The van der Waals surface area contributed by atoms with Crippen LogP contribution < -0.4 is 14.4 Å². The second-order valence-corrected chi connectivity index (χ2v) is 12.1. The maximum absolute atomic E-state index is 12.1. The molecule has 0 fully saturated rings. The first-order valence-corrected chi connectivity index (χ1v) is 15.4. The number of methoxy groups -OCH3 is 1. The molecule has 0 aliphatic rings. The summed E-state index contributed by atoms with van der Waals surface area (Å²) in [4.78, 5) is 24.1. The summed E-state index contributed by atoms with van der Waals surface area (Å²) in [6, 6.07) is 23.0. The molecule has 0 spiro atoms. The lowest BCUT2D eigenvalue weighted by Gasteiger charge is -2.19. The summed E-state index contributed by atoms with van der Waals surface area (Å²) in [6.45, 7) is 2.75. The van der Waals surface area contributed by atoms with Gasteiger partial charge >= 0.3 is 12.1 Å². The molecule has 3 aromatic carbocycles. The van der Waals surface area contributed by atoms with Crippen LogP contribution in [0.25, 0.3) is 10.9 Å². The molecule has 11 nitrogen and oxygen atoms in total. The zero-order valence-corrected chi connectivity index (χ0v) is 25.0. The van der Waals surface area contributed by atoms with E-state index in [1.807, 2.05) is 55.5 Å². The van der Waals surface area contributed by atoms with E-state index in [0.29, 0.717) is 28.6 Å². The van der Waals surface area contributed by atoms with E-state index in [4.69, 9.17) is 4.74 Å². The minimum absolute atomic E-state index is 0.0415. The van der Waals surface area contributed by atoms with E-state index in [9.17, 15) is 28.2 Å². The fourth-order valence-corrected chi connectivity index (χ4v) is 5.61. The molecule has 1 amide bonds. The van der Waals surface area contributed by atoms with Gasteiger partial charge in [0.2, 0.25) is 10.0 Å². The van der Waals surface area contributed by atoms with E-state index in [1.165, 1.54) is 12.1 Å². The summed E-state index contributed by atoms with van der Waals surface area (Å²) in [6.07, 6.45) is -0.150. The Bertz CT molecular complexity index is 1670. The van der Waals surface area contributed by atoms with Crippen molar-refractivity contribution < 1.29 is 37.7 Å². The molecule has 0 radical (unpaired) electrons. The van der Waals surface area contributed by atoms with E-state index >= 15 is 0 Å². The molecule has 3 N–H and O–H groups in total. The molecule has 2 atom stereocenters. The number of aliphatic hydroxyl groups is 1. The normalized spacial score (nSPS) is 12.9. The molecule has 43 heavy (non-hydrogen) atoms. The van der Waals surface area contributed by atoms with Crippen molar-refractivity contribution in [3.8, 4) is 5.75 Å². The van der Waals surface area contributed by atoms with Gasteiger partial charge in [0.1, 0.15) is 24.2 Å². The van der Waals surface area contributed by atoms with Gasteiger partial charge in [0.25, 0.3) is 0 Å². The predicted octanol–water partition coefficient (Wildman–Crippen LogP) is 3.88. The van der Waals surface area contributed by atoms with Crippen molar-refractivity contribution >= 4 is 38.7 Å². The number of hydrogen-bond donors (Lipinski definition) is 3. The fourth-order valence-electron chi connectivity index (χ4n) is 4.76. The smallest absolute Gasteiger partial charge is 0.428 e. The highest BCUT2D eigenvalue weighted by molar-refractivity contribution is 7.92. The van der Waals surface area contributed by atoms with Crippen LogP contribution in [-0.4, -0.2) is 73.9 Å². The topological polar surface area (TPSA) is 147 Å². The average Bonchev–Trinajstić information content (AvgIpc) is 3.33. The average molecular weight is 610 g/mol. The number of anilines is 1. The Balaban J connectivity index is 1.44. The summed E-state index contributed by atoms with van der Waals surface area (Å²) in [5, 5.41) is 24.3. The van der Waals surface area contributed by atoms with Crippen molar-refractivity contribution in [2.24, 2.45) is 0 Å². The number of fused-ring (bicyclic) bond motifs is 1. The largest absolute Gasteiger partial charge is 0.491 e. The van der Waals surface area contributed by atoms with Gasteiger partial charge in [-0.05, 0) is 66.9 Å². The molecule has 0 bridgehead atoms. The Kier molecular flexibility index (Phi) is 10.1. The number of rotatable bonds is 13. The second kappa shape index (κ2) is 13.7. The summed E-state index contributed by atoms with van der Waals surface area (Å²) in [7, 11) is -2.83. The molecule has 0 aliphatic heterocycles. The third kappa shape index (κ3) is 8.13. The van der Waals surface area contributed by atoms with Crippen LogP contribution >= 0.6 is 0 Å². The third-order valence-electron chi connectivity index (χ3n) is 6.80. The van der Waals surface area contributed by atoms with E-state index in [2.05, 4.69) is 10.1 Å². The summed E-state index contributed by atoms with van der Waals surface area (Å²) >= 11 is 0. The molecule has 1 aromatic heterocycles. The molecular weight excluding hydrogens is 574 g/mol. The number of nitrogens with zero attached hydrogens (tertiary/aromatic N) is 2. The minimum atomic E-state index is -3.92. The molecule has 1 heterocycles. The minimum Gasteiger partial charge on any atom is -0.491 e. The number of carboxylic acid groups (broad SMARTS) is 1. The quantitative estimate of drug-likeness (QED) is 0.205. The maximum Gasteiger partial charge on any atom is 0.428 e. The lowest BCUT2D eigenvalue weighted by molar-refractivity contribution is 0.0686. The molecule has 228 valence electrons. The number of carboxylic acids is 1. The Morgan fingerprint density at radius 2 is 1.67 bits per heavy atom. The number of aromatic nitrogens is 1. The van der Waals surface area contributed by atoms with Crippen LogP contribution in [0.15, 0.2) is 78.9 Å². The Morgan fingerprint density at radius 3 is 2.30 bits per heavy atom. The van der Waals surface area contributed by atoms with Gasteiger partial charge in [-0.2, -0.15) is 4.31 Å². The SMILES string of the molecule is COC(=O)N(c1ccc(Cn2c(C(=O)O)cc3cc(CC(C)NCC(O)COc4ccccc4)ccc32)cc1)S(C)(=O)=O. The molecule has 0 saturated carbocycles. The van der Waals surface area contributed by atoms with Crippen molar-refractivity contribution in [2.45, 2.75) is 32.0 Å². The zero-order chi connectivity index (χ0) is 31.1. The highest BCUT2D eigenvalue weighted by Gasteiger charge is 2.26. The van der Waals surface area contributed by atoms with Crippen LogP contribution in [-0.2, 0) is 27.7 Å². The van der Waals surface area contributed by atoms with Gasteiger partial charge in [0.15, 0.2) is 0 Å². The van der Waals surface area contributed by atoms with E-state index in [0.717, 1.165) is 29.8 Å². The maximum atomic E-state index is 12.1. The van der Waals surface area contributed by atoms with Gasteiger partial charge in [-0.3, -0.25) is 0 Å². The number of benzene rings is 3. The highest BCUT2D eigenvalue weighted by atomic mass is 32.2. The second-order valence-electron chi connectivity index (χ2n) is 10.3. The first-order chi connectivity index (χ1) is 20.5.